The highest BCUT2D eigenvalue weighted by atomic mass is 16.5. The fourth-order valence-electron chi connectivity index (χ4n) is 2.73. The monoisotopic (exact) mass is 303 g/mol. The maximum atomic E-state index is 5.76. The molecule has 0 spiro atoms. The van der Waals surface area contributed by atoms with Crippen LogP contribution in [-0.2, 0) is 4.74 Å². The van der Waals surface area contributed by atoms with E-state index in [1.54, 1.807) is 6.20 Å². The Morgan fingerprint density at radius 1 is 1.00 bits per heavy atom. The van der Waals surface area contributed by atoms with E-state index in [0.29, 0.717) is 18.2 Å². The first-order valence-corrected chi connectivity index (χ1v) is 7.70. The third kappa shape index (κ3) is 2.57. The van der Waals surface area contributed by atoms with Gasteiger partial charge in [0.2, 0.25) is 5.90 Å². The summed E-state index contributed by atoms with van der Waals surface area (Å²) in [7, 11) is 0. The summed E-state index contributed by atoms with van der Waals surface area (Å²) < 4.78 is 5.76. The second-order valence-electron chi connectivity index (χ2n) is 5.85. The number of aromatic nitrogens is 2. The highest BCUT2D eigenvalue weighted by molar-refractivity contribution is 5.94. The third-order valence-corrected chi connectivity index (χ3v) is 4.21. The fourth-order valence-corrected chi connectivity index (χ4v) is 2.73. The first-order chi connectivity index (χ1) is 11.2. The van der Waals surface area contributed by atoms with Crippen LogP contribution in [0.5, 0.6) is 0 Å². The molecule has 0 fully saturated rings. The molecule has 0 N–H and O–H groups in total. The van der Waals surface area contributed by atoms with Gasteiger partial charge in [0.25, 0.3) is 0 Å². The van der Waals surface area contributed by atoms with Crippen molar-refractivity contribution in [1.82, 2.24) is 9.97 Å². The van der Waals surface area contributed by atoms with Gasteiger partial charge in [0.1, 0.15) is 18.3 Å². The van der Waals surface area contributed by atoms with Gasteiger partial charge < -0.3 is 4.74 Å². The summed E-state index contributed by atoms with van der Waals surface area (Å²) in [5.74, 6) is 0.575. The quantitative estimate of drug-likeness (QED) is 0.724. The lowest BCUT2D eigenvalue weighted by Gasteiger charge is -2.05. The molecule has 1 aromatic heterocycles. The molecular weight excluding hydrogens is 286 g/mol. The minimum Gasteiger partial charge on any atom is -0.474 e. The topological polar surface area (TPSA) is 47.4 Å². The standard InChI is InChI=1S/C19H17N3O/c1-12-8-15-16(9-13(12)2)21-17(10-20-15)19-22-18(11-23-19)14-6-4-3-5-7-14/h3-10,18H,11H2,1-2H3/t18-/m0/s1. The molecule has 0 bridgehead atoms. The number of aryl methyl sites for hydroxylation is 2. The van der Waals surface area contributed by atoms with Crippen molar-refractivity contribution in [2.75, 3.05) is 6.61 Å². The molecule has 0 saturated carbocycles. The molecule has 4 heteroatoms. The lowest BCUT2D eigenvalue weighted by Crippen LogP contribution is -2.05. The number of ether oxygens (including phenoxy) is 1. The molecule has 0 saturated heterocycles. The van der Waals surface area contributed by atoms with Gasteiger partial charge in [-0.05, 0) is 42.7 Å². The lowest BCUT2D eigenvalue weighted by molar-refractivity contribution is 0.319. The van der Waals surface area contributed by atoms with Crippen LogP contribution in [0.15, 0.2) is 53.7 Å². The summed E-state index contributed by atoms with van der Waals surface area (Å²) in [6, 6.07) is 14.3. The van der Waals surface area contributed by atoms with Crippen LogP contribution in [0.3, 0.4) is 0 Å². The molecule has 1 aliphatic heterocycles. The van der Waals surface area contributed by atoms with Gasteiger partial charge in [-0.1, -0.05) is 30.3 Å². The molecule has 23 heavy (non-hydrogen) atoms. The Morgan fingerprint density at radius 2 is 1.74 bits per heavy atom. The maximum Gasteiger partial charge on any atom is 0.237 e. The Kier molecular flexibility index (Phi) is 3.30. The molecule has 4 rings (SSSR count). The first-order valence-electron chi connectivity index (χ1n) is 7.70. The SMILES string of the molecule is Cc1cc2ncc(C3=N[C@H](c4ccccc4)CO3)nc2cc1C. The molecule has 0 amide bonds. The molecule has 114 valence electrons. The minimum atomic E-state index is 0.0310. The van der Waals surface area contributed by atoms with Gasteiger partial charge in [0.05, 0.1) is 17.2 Å². The number of nitrogens with zero attached hydrogens (tertiary/aromatic N) is 3. The molecule has 0 aliphatic carbocycles. The minimum absolute atomic E-state index is 0.0310. The molecule has 1 aliphatic rings. The average molecular weight is 303 g/mol. The van der Waals surface area contributed by atoms with Crippen LogP contribution in [-0.4, -0.2) is 22.5 Å². The Bertz CT molecular complexity index is 903. The van der Waals surface area contributed by atoms with Crippen molar-refractivity contribution in [1.29, 1.82) is 0 Å². The number of benzene rings is 2. The van der Waals surface area contributed by atoms with Crippen molar-refractivity contribution in [2.45, 2.75) is 19.9 Å². The molecule has 3 aromatic rings. The number of aliphatic imine (C=N–C) groups is 1. The predicted octanol–water partition coefficient (Wildman–Crippen LogP) is 3.76. The van der Waals surface area contributed by atoms with Crippen molar-refractivity contribution in [2.24, 2.45) is 4.99 Å². The van der Waals surface area contributed by atoms with Crippen LogP contribution < -0.4 is 0 Å². The predicted molar refractivity (Wildman–Crippen MR) is 90.7 cm³/mol. The van der Waals surface area contributed by atoms with Crippen LogP contribution in [0.25, 0.3) is 11.0 Å². The van der Waals surface area contributed by atoms with E-state index in [4.69, 9.17) is 4.74 Å². The van der Waals surface area contributed by atoms with Gasteiger partial charge in [-0.15, -0.1) is 0 Å². The van der Waals surface area contributed by atoms with Crippen molar-refractivity contribution < 1.29 is 4.74 Å². The van der Waals surface area contributed by atoms with E-state index in [9.17, 15) is 0 Å². The zero-order valence-corrected chi connectivity index (χ0v) is 13.2. The number of hydrogen-bond acceptors (Lipinski definition) is 4. The highest BCUT2D eigenvalue weighted by Gasteiger charge is 2.22. The summed E-state index contributed by atoms with van der Waals surface area (Å²) in [4.78, 5) is 13.8. The maximum absolute atomic E-state index is 5.76. The van der Waals surface area contributed by atoms with Crippen LogP contribution in [0, 0.1) is 13.8 Å². The van der Waals surface area contributed by atoms with Crippen molar-refractivity contribution in [3.8, 4) is 0 Å². The first kappa shape index (κ1) is 13.9. The summed E-state index contributed by atoms with van der Waals surface area (Å²) in [5.41, 5.74) is 6.05. The molecule has 0 unspecified atom stereocenters. The summed E-state index contributed by atoms with van der Waals surface area (Å²) >= 11 is 0. The van der Waals surface area contributed by atoms with Crippen molar-refractivity contribution in [3.05, 3.63) is 71.0 Å². The normalized spacial score (nSPS) is 17.1. The summed E-state index contributed by atoms with van der Waals surface area (Å²) in [6.45, 7) is 4.71. The summed E-state index contributed by atoms with van der Waals surface area (Å²) in [6.07, 6.45) is 1.74. The van der Waals surface area contributed by atoms with Crippen LogP contribution >= 0.6 is 0 Å². The van der Waals surface area contributed by atoms with E-state index in [1.165, 1.54) is 11.1 Å². The second-order valence-corrected chi connectivity index (χ2v) is 5.85. The van der Waals surface area contributed by atoms with Crippen LogP contribution in [0.2, 0.25) is 0 Å². The van der Waals surface area contributed by atoms with Gasteiger partial charge in [0.15, 0.2) is 0 Å². The Morgan fingerprint density at radius 3 is 2.52 bits per heavy atom. The second kappa shape index (κ2) is 5.47. The zero-order valence-electron chi connectivity index (χ0n) is 13.2. The third-order valence-electron chi connectivity index (χ3n) is 4.21. The van der Waals surface area contributed by atoms with Gasteiger partial charge >= 0.3 is 0 Å². The number of rotatable bonds is 2. The largest absolute Gasteiger partial charge is 0.474 e. The number of fused-ring (bicyclic) bond motifs is 1. The molecule has 2 heterocycles. The van der Waals surface area contributed by atoms with Gasteiger partial charge in [-0.25, -0.2) is 9.98 Å². The number of hydrogen-bond donors (Lipinski definition) is 0. The summed E-state index contributed by atoms with van der Waals surface area (Å²) in [5, 5.41) is 0. The van der Waals surface area contributed by atoms with Crippen molar-refractivity contribution >= 4 is 16.9 Å². The van der Waals surface area contributed by atoms with E-state index >= 15 is 0 Å². The van der Waals surface area contributed by atoms with E-state index in [-0.39, 0.29) is 6.04 Å². The van der Waals surface area contributed by atoms with E-state index in [2.05, 4.69) is 53.1 Å². The van der Waals surface area contributed by atoms with Crippen LogP contribution in [0.1, 0.15) is 28.4 Å². The molecule has 4 nitrogen and oxygen atoms in total. The van der Waals surface area contributed by atoms with E-state index in [1.807, 2.05) is 18.2 Å². The average Bonchev–Trinajstić information content (AvgIpc) is 3.06. The van der Waals surface area contributed by atoms with E-state index in [0.717, 1.165) is 16.6 Å². The van der Waals surface area contributed by atoms with E-state index < -0.39 is 0 Å². The zero-order chi connectivity index (χ0) is 15.8. The van der Waals surface area contributed by atoms with Gasteiger partial charge in [0, 0.05) is 0 Å². The van der Waals surface area contributed by atoms with Crippen molar-refractivity contribution in [3.63, 3.8) is 0 Å². The smallest absolute Gasteiger partial charge is 0.237 e. The molecular formula is C19H17N3O. The Balaban J connectivity index is 1.71. The molecule has 1 atom stereocenters. The molecule has 2 aromatic carbocycles. The highest BCUT2D eigenvalue weighted by Crippen LogP contribution is 2.25. The van der Waals surface area contributed by atoms with Crippen LogP contribution in [0.4, 0.5) is 0 Å². The molecule has 0 radical (unpaired) electrons. The van der Waals surface area contributed by atoms with Gasteiger partial charge in [-0.3, -0.25) is 4.98 Å². The van der Waals surface area contributed by atoms with Gasteiger partial charge in [-0.2, -0.15) is 0 Å². The fraction of sp³-hybridized carbons (Fsp3) is 0.211. The Hall–Kier alpha value is -2.75. The Labute approximate surface area is 134 Å². The lowest BCUT2D eigenvalue weighted by atomic mass is 10.1.